The Balaban J connectivity index is 2.26. The average Bonchev–Trinajstić information content (AvgIpc) is 2.61. The van der Waals surface area contributed by atoms with Gasteiger partial charge in [-0.05, 0) is 42.0 Å². The van der Waals surface area contributed by atoms with Crippen LogP contribution in [0.5, 0.6) is 5.75 Å². The Morgan fingerprint density at radius 2 is 1.67 bits per heavy atom. The van der Waals surface area contributed by atoms with Crippen molar-refractivity contribution in [2.24, 2.45) is 0 Å². The number of carbonyl (C=O) groups excluding carboxylic acids is 2. The van der Waals surface area contributed by atoms with Crippen LogP contribution >= 0.6 is 0 Å². The molecular formula is C18H16F2O4. The van der Waals surface area contributed by atoms with Gasteiger partial charge in [-0.1, -0.05) is 6.07 Å². The molecule has 0 N–H and O–H groups in total. The van der Waals surface area contributed by atoms with E-state index in [-0.39, 0.29) is 17.8 Å². The SMILES string of the molecule is COC(=O)C(CC(=O)c1ccc(OC)cc1)c1ccc(F)c(F)c1. The molecule has 24 heavy (non-hydrogen) atoms. The predicted octanol–water partition coefficient (Wildman–Crippen LogP) is 3.50. The summed E-state index contributed by atoms with van der Waals surface area (Å²) in [5.41, 5.74) is 0.565. The van der Waals surface area contributed by atoms with Crippen LogP contribution in [0.25, 0.3) is 0 Å². The zero-order valence-corrected chi connectivity index (χ0v) is 13.2. The van der Waals surface area contributed by atoms with Crippen LogP contribution in [0.1, 0.15) is 28.3 Å². The van der Waals surface area contributed by atoms with E-state index in [2.05, 4.69) is 4.74 Å². The van der Waals surface area contributed by atoms with E-state index in [1.54, 1.807) is 24.3 Å². The summed E-state index contributed by atoms with van der Waals surface area (Å²) in [7, 11) is 2.68. The summed E-state index contributed by atoms with van der Waals surface area (Å²) < 4.78 is 36.2. The smallest absolute Gasteiger partial charge is 0.313 e. The van der Waals surface area contributed by atoms with Gasteiger partial charge in [0.25, 0.3) is 0 Å². The van der Waals surface area contributed by atoms with E-state index in [1.807, 2.05) is 0 Å². The van der Waals surface area contributed by atoms with Crippen LogP contribution in [0.3, 0.4) is 0 Å². The van der Waals surface area contributed by atoms with Gasteiger partial charge in [0.2, 0.25) is 0 Å². The number of methoxy groups -OCH3 is 2. The third kappa shape index (κ3) is 3.95. The molecule has 0 aliphatic heterocycles. The third-order valence-corrected chi connectivity index (χ3v) is 3.63. The molecular weight excluding hydrogens is 318 g/mol. The lowest BCUT2D eigenvalue weighted by Crippen LogP contribution is -2.18. The maximum atomic E-state index is 13.4. The first kappa shape index (κ1) is 17.6. The van der Waals surface area contributed by atoms with E-state index < -0.39 is 23.5 Å². The van der Waals surface area contributed by atoms with Crippen LogP contribution in [0.4, 0.5) is 8.78 Å². The molecule has 0 spiro atoms. The maximum Gasteiger partial charge on any atom is 0.313 e. The Morgan fingerprint density at radius 3 is 2.21 bits per heavy atom. The third-order valence-electron chi connectivity index (χ3n) is 3.63. The van der Waals surface area contributed by atoms with Crippen LogP contribution < -0.4 is 4.74 Å². The predicted molar refractivity (Wildman–Crippen MR) is 83.1 cm³/mol. The standard InChI is InChI=1S/C18H16F2O4/c1-23-13-6-3-11(4-7-13)17(21)10-14(18(22)24-2)12-5-8-15(19)16(20)9-12/h3-9,14H,10H2,1-2H3. The Bertz CT molecular complexity index is 741. The normalized spacial score (nSPS) is 11.7. The van der Waals surface area contributed by atoms with Gasteiger partial charge in [0.15, 0.2) is 17.4 Å². The first-order valence-electron chi connectivity index (χ1n) is 7.16. The van der Waals surface area contributed by atoms with E-state index in [4.69, 9.17) is 4.74 Å². The Hall–Kier alpha value is -2.76. The summed E-state index contributed by atoms with van der Waals surface area (Å²) in [5, 5.41) is 0. The fourth-order valence-corrected chi connectivity index (χ4v) is 2.29. The highest BCUT2D eigenvalue weighted by atomic mass is 19.2. The molecule has 0 heterocycles. The number of benzene rings is 2. The lowest BCUT2D eigenvalue weighted by molar-refractivity contribution is -0.142. The molecule has 4 nitrogen and oxygen atoms in total. The van der Waals surface area contributed by atoms with Crippen molar-refractivity contribution in [1.29, 1.82) is 0 Å². The number of Topliss-reactive ketones (excluding diaryl/α,β-unsaturated/α-hetero) is 1. The largest absolute Gasteiger partial charge is 0.497 e. The summed E-state index contributed by atoms with van der Waals surface area (Å²) in [4.78, 5) is 24.3. The molecule has 0 aliphatic carbocycles. The van der Waals surface area contributed by atoms with Crippen molar-refractivity contribution < 1.29 is 27.8 Å². The number of ether oxygens (including phenoxy) is 2. The molecule has 2 aromatic rings. The minimum atomic E-state index is -1.08. The van der Waals surface area contributed by atoms with Gasteiger partial charge >= 0.3 is 5.97 Å². The Labute approximate surface area is 138 Å². The second-order valence-corrected chi connectivity index (χ2v) is 5.11. The first-order chi connectivity index (χ1) is 11.5. The molecule has 2 aromatic carbocycles. The summed E-state index contributed by atoms with van der Waals surface area (Å²) in [6.45, 7) is 0. The van der Waals surface area contributed by atoms with Crippen LogP contribution in [0.2, 0.25) is 0 Å². The van der Waals surface area contributed by atoms with E-state index in [9.17, 15) is 18.4 Å². The van der Waals surface area contributed by atoms with Crippen LogP contribution in [0, 0.1) is 11.6 Å². The molecule has 0 saturated heterocycles. The number of carbonyl (C=O) groups is 2. The van der Waals surface area contributed by atoms with Crippen molar-refractivity contribution in [3.8, 4) is 5.75 Å². The summed E-state index contributed by atoms with van der Waals surface area (Å²) in [6.07, 6.45) is -0.218. The van der Waals surface area contributed by atoms with Gasteiger partial charge in [-0.2, -0.15) is 0 Å². The van der Waals surface area contributed by atoms with Gasteiger partial charge < -0.3 is 9.47 Å². The highest BCUT2D eigenvalue weighted by molar-refractivity contribution is 5.99. The minimum absolute atomic E-state index is 0.183. The van der Waals surface area contributed by atoms with Gasteiger partial charge in [0.1, 0.15) is 5.75 Å². The molecule has 0 aromatic heterocycles. The number of hydrogen-bond donors (Lipinski definition) is 0. The highest BCUT2D eigenvalue weighted by Crippen LogP contribution is 2.25. The van der Waals surface area contributed by atoms with E-state index in [0.29, 0.717) is 11.3 Å². The lowest BCUT2D eigenvalue weighted by atomic mass is 9.91. The molecule has 6 heteroatoms. The van der Waals surface area contributed by atoms with Crippen LogP contribution in [-0.2, 0) is 9.53 Å². The summed E-state index contributed by atoms with van der Waals surface area (Å²) in [5.74, 6) is -3.54. The minimum Gasteiger partial charge on any atom is -0.497 e. The first-order valence-corrected chi connectivity index (χ1v) is 7.16. The Morgan fingerprint density at radius 1 is 1.00 bits per heavy atom. The number of hydrogen-bond acceptors (Lipinski definition) is 4. The summed E-state index contributed by atoms with van der Waals surface area (Å²) in [6, 6.07) is 9.47. The highest BCUT2D eigenvalue weighted by Gasteiger charge is 2.26. The van der Waals surface area contributed by atoms with Crippen molar-refractivity contribution in [3.05, 3.63) is 65.2 Å². The van der Waals surface area contributed by atoms with E-state index in [1.165, 1.54) is 20.3 Å². The van der Waals surface area contributed by atoms with Crippen LogP contribution in [-0.4, -0.2) is 26.0 Å². The number of ketones is 1. The zero-order chi connectivity index (χ0) is 17.7. The molecule has 0 radical (unpaired) electrons. The van der Waals surface area contributed by atoms with Crippen LogP contribution in [0.15, 0.2) is 42.5 Å². The molecule has 1 unspecified atom stereocenters. The number of esters is 1. The van der Waals surface area contributed by atoms with Gasteiger partial charge in [-0.15, -0.1) is 0 Å². The number of halogens is 2. The fourth-order valence-electron chi connectivity index (χ4n) is 2.29. The van der Waals surface area contributed by atoms with E-state index >= 15 is 0 Å². The molecule has 0 fully saturated rings. The second kappa shape index (κ2) is 7.68. The lowest BCUT2D eigenvalue weighted by Gasteiger charge is -2.15. The number of rotatable bonds is 6. The Kier molecular flexibility index (Phi) is 5.63. The second-order valence-electron chi connectivity index (χ2n) is 5.11. The van der Waals surface area contributed by atoms with Crippen molar-refractivity contribution in [3.63, 3.8) is 0 Å². The van der Waals surface area contributed by atoms with E-state index in [0.717, 1.165) is 12.1 Å². The van der Waals surface area contributed by atoms with Crippen molar-refractivity contribution in [2.75, 3.05) is 14.2 Å². The quantitative estimate of drug-likeness (QED) is 0.599. The molecule has 1 atom stereocenters. The average molecular weight is 334 g/mol. The monoisotopic (exact) mass is 334 g/mol. The van der Waals surface area contributed by atoms with Gasteiger partial charge in [0.05, 0.1) is 20.1 Å². The van der Waals surface area contributed by atoms with Crippen molar-refractivity contribution in [2.45, 2.75) is 12.3 Å². The molecule has 2 rings (SSSR count). The zero-order valence-electron chi connectivity index (χ0n) is 13.2. The maximum absolute atomic E-state index is 13.4. The molecule has 0 aliphatic rings. The van der Waals surface area contributed by atoms with Gasteiger partial charge in [0, 0.05) is 12.0 Å². The molecule has 126 valence electrons. The van der Waals surface area contributed by atoms with Gasteiger partial charge in [-0.3, -0.25) is 9.59 Å². The topological polar surface area (TPSA) is 52.6 Å². The van der Waals surface area contributed by atoms with Crippen molar-refractivity contribution in [1.82, 2.24) is 0 Å². The molecule has 0 saturated carbocycles. The molecule has 0 bridgehead atoms. The summed E-state index contributed by atoms with van der Waals surface area (Å²) >= 11 is 0. The molecule has 0 amide bonds. The fraction of sp³-hybridized carbons (Fsp3) is 0.222. The van der Waals surface area contributed by atoms with Crippen molar-refractivity contribution >= 4 is 11.8 Å². The van der Waals surface area contributed by atoms with Gasteiger partial charge in [-0.25, -0.2) is 8.78 Å².